The van der Waals surface area contributed by atoms with E-state index in [1.165, 1.54) is 21.2 Å². The molecule has 0 N–H and O–H groups in total. The number of hydrogen-bond donors (Lipinski definition) is 0. The van der Waals surface area contributed by atoms with Gasteiger partial charge in [-0.1, -0.05) is 175 Å². The van der Waals surface area contributed by atoms with Crippen molar-refractivity contribution in [3.63, 3.8) is 0 Å². The third-order valence-electron chi connectivity index (χ3n) is 6.23. The average molecular weight is 537 g/mol. The van der Waals surface area contributed by atoms with Gasteiger partial charge in [-0.15, -0.1) is 0 Å². The lowest BCUT2D eigenvalue weighted by atomic mass is 10.2. The molecule has 5 rings (SSSR count). The minimum absolute atomic E-state index is 1.13. The summed E-state index contributed by atoms with van der Waals surface area (Å²) in [5.74, 6) is 2.38. The van der Waals surface area contributed by atoms with Gasteiger partial charge >= 0.3 is 0 Å². The number of rotatable bonds is 7. The van der Waals surface area contributed by atoms with Crippen LogP contribution in [0.15, 0.2) is 157 Å². The summed E-state index contributed by atoms with van der Waals surface area (Å²) >= 11 is 13.5. The fraction of sp³-hybridized carbons (Fsp3) is 0. The van der Waals surface area contributed by atoms with Crippen LogP contribution in [-0.2, 0) is 23.6 Å². The summed E-state index contributed by atoms with van der Waals surface area (Å²) in [5, 5.41) is 5.84. The summed E-state index contributed by atoms with van der Waals surface area (Å²) in [4.78, 5) is 0. The highest BCUT2D eigenvalue weighted by atomic mass is 32.4. The van der Waals surface area contributed by atoms with Gasteiger partial charge in [0.2, 0.25) is 0 Å². The minimum Gasteiger partial charge on any atom is -0.0832 e. The highest BCUT2D eigenvalue weighted by Gasteiger charge is 2.31. The van der Waals surface area contributed by atoms with Crippen molar-refractivity contribution in [3.05, 3.63) is 163 Å². The second kappa shape index (κ2) is 11.0. The van der Waals surface area contributed by atoms with E-state index in [1.807, 2.05) is 12.1 Å². The highest BCUT2D eigenvalue weighted by Crippen LogP contribution is 2.61. The van der Waals surface area contributed by atoms with E-state index in [1.54, 1.807) is 0 Å². The molecule has 0 amide bonds. The Labute approximate surface area is 224 Å². The summed E-state index contributed by atoms with van der Waals surface area (Å²) < 4.78 is 0. The molecule has 0 aliphatic rings. The molecule has 0 aromatic heterocycles. The Kier molecular flexibility index (Phi) is 7.61. The van der Waals surface area contributed by atoms with Gasteiger partial charge in [0.05, 0.1) is 0 Å². The van der Waals surface area contributed by atoms with Crippen molar-refractivity contribution in [2.75, 3.05) is 0 Å². The Morgan fingerprint density at radius 3 is 1.08 bits per heavy atom. The van der Waals surface area contributed by atoms with Gasteiger partial charge in [0.15, 0.2) is 0 Å². The molecule has 0 saturated carbocycles. The maximum absolute atomic E-state index is 6.82. The molecule has 0 saturated heterocycles. The van der Waals surface area contributed by atoms with Crippen LogP contribution in [0.1, 0.15) is 5.56 Å². The Morgan fingerprint density at radius 1 is 0.417 bits per heavy atom. The summed E-state index contributed by atoms with van der Waals surface area (Å²) in [6, 6.07) is 48.1. The van der Waals surface area contributed by atoms with Crippen LogP contribution in [0.25, 0.3) is 5.31 Å². The SMILES string of the molecule is S=P(/C=C(\c1ccccc1)P(=S)(c1ccccc1)c1ccccc1)(c1ccccc1)c1ccccc1. The molecule has 0 atom stereocenters. The van der Waals surface area contributed by atoms with Crippen molar-refractivity contribution in [2.24, 2.45) is 0 Å². The molecule has 5 aromatic rings. The van der Waals surface area contributed by atoms with E-state index in [9.17, 15) is 0 Å². The van der Waals surface area contributed by atoms with Crippen LogP contribution < -0.4 is 21.2 Å². The molecule has 176 valence electrons. The third-order valence-corrected chi connectivity index (χ3v) is 15.7. The molecule has 0 unspecified atom stereocenters. The van der Waals surface area contributed by atoms with Crippen LogP contribution in [0.3, 0.4) is 0 Å². The van der Waals surface area contributed by atoms with Crippen LogP contribution in [-0.4, -0.2) is 0 Å². The third kappa shape index (κ3) is 4.88. The Bertz CT molecular complexity index is 1460. The van der Waals surface area contributed by atoms with Gasteiger partial charge in [0, 0.05) is 17.4 Å². The molecule has 0 fully saturated rings. The zero-order valence-corrected chi connectivity index (χ0v) is 23.1. The molecule has 0 heterocycles. The molecule has 5 aromatic carbocycles. The van der Waals surface area contributed by atoms with Crippen molar-refractivity contribution in [1.29, 1.82) is 0 Å². The smallest absolute Gasteiger partial charge is 0.0386 e. The monoisotopic (exact) mass is 536 g/mol. The molecule has 0 aliphatic heterocycles. The van der Waals surface area contributed by atoms with Gasteiger partial charge in [-0.3, -0.25) is 0 Å². The van der Waals surface area contributed by atoms with Gasteiger partial charge in [-0.05, 0) is 32.6 Å². The van der Waals surface area contributed by atoms with Gasteiger partial charge in [0.1, 0.15) is 0 Å². The topological polar surface area (TPSA) is 0 Å². The second-order valence-electron chi connectivity index (χ2n) is 8.49. The standard InChI is InChI=1S/C32H26P2S2/c35-33(28-18-8-2-9-19-28,29-20-10-3-11-21-29)26-32(27-16-6-1-7-17-27)34(36,30-22-12-4-13-23-30)31-24-14-5-15-25-31/h1-26H/b32-26+. The first-order valence-corrected chi connectivity index (χ1v) is 17.5. The molecule has 36 heavy (non-hydrogen) atoms. The van der Waals surface area contributed by atoms with Crippen molar-refractivity contribution in [2.45, 2.75) is 0 Å². The predicted octanol–water partition coefficient (Wildman–Crippen LogP) is 7.25. The minimum atomic E-state index is -2.44. The zero-order valence-electron chi connectivity index (χ0n) is 19.7. The van der Waals surface area contributed by atoms with Crippen molar-refractivity contribution < 1.29 is 0 Å². The fourth-order valence-corrected chi connectivity index (χ4v) is 13.2. The lowest BCUT2D eigenvalue weighted by molar-refractivity contribution is 1.65. The van der Waals surface area contributed by atoms with Gasteiger partial charge in [-0.2, -0.15) is 0 Å². The first-order valence-electron chi connectivity index (χ1n) is 11.8. The summed E-state index contributed by atoms with van der Waals surface area (Å²) in [6.45, 7) is 0. The van der Waals surface area contributed by atoms with Crippen LogP contribution in [0.4, 0.5) is 0 Å². The molecule has 0 nitrogen and oxygen atoms in total. The summed E-state index contributed by atoms with van der Waals surface area (Å²) in [5.41, 5.74) is 1.13. The van der Waals surface area contributed by atoms with Gasteiger partial charge in [-0.25, -0.2) is 0 Å². The summed E-state index contributed by atoms with van der Waals surface area (Å²) in [7, 11) is 0. The van der Waals surface area contributed by atoms with Crippen LogP contribution in [0, 0.1) is 0 Å². The molecule has 0 bridgehead atoms. The van der Waals surface area contributed by atoms with Crippen LogP contribution in [0.5, 0.6) is 0 Å². The molecule has 4 heteroatoms. The molecule has 0 spiro atoms. The van der Waals surface area contributed by atoms with E-state index in [-0.39, 0.29) is 0 Å². The van der Waals surface area contributed by atoms with E-state index < -0.39 is 12.1 Å². The quantitative estimate of drug-likeness (QED) is 0.201. The van der Waals surface area contributed by atoms with Crippen LogP contribution in [0.2, 0.25) is 0 Å². The molecular weight excluding hydrogens is 510 g/mol. The van der Waals surface area contributed by atoms with E-state index in [2.05, 4.69) is 145 Å². The molecule has 0 radical (unpaired) electrons. The van der Waals surface area contributed by atoms with E-state index in [0.29, 0.717) is 0 Å². The Balaban J connectivity index is 1.89. The van der Waals surface area contributed by atoms with Gasteiger partial charge in [0.25, 0.3) is 0 Å². The van der Waals surface area contributed by atoms with E-state index in [4.69, 9.17) is 23.6 Å². The predicted molar refractivity (Wildman–Crippen MR) is 167 cm³/mol. The lowest BCUT2D eigenvalue weighted by Crippen LogP contribution is -2.18. The maximum Gasteiger partial charge on any atom is 0.0386 e. The van der Waals surface area contributed by atoms with E-state index in [0.717, 1.165) is 10.9 Å². The average Bonchev–Trinajstić information content (AvgIpc) is 2.97. The van der Waals surface area contributed by atoms with Gasteiger partial charge < -0.3 is 0 Å². The fourth-order valence-electron chi connectivity index (χ4n) is 4.42. The zero-order chi connectivity index (χ0) is 24.8. The van der Waals surface area contributed by atoms with Crippen LogP contribution >= 0.6 is 12.1 Å². The summed E-state index contributed by atoms with van der Waals surface area (Å²) in [6.07, 6.45) is 0. The maximum atomic E-state index is 6.82. The van der Waals surface area contributed by atoms with E-state index >= 15 is 0 Å². The number of hydrogen-bond acceptors (Lipinski definition) is 2. The Morgan fingerprint density at radius 2 is 0.722 bits per heavy atom. The first kappa shape index (κ1) is 24.8. The molecule has 0 aliphatic carbocycles. The van der Waals surface area contributed by atoms with Crippen molar-refractivity contribution in [3.8, 4) is 0 Å². The largest absolute Gasteiger partial charge is 0.0832 e. The first-order chi connectivity index (χ1) is 17.6. The highest BCUT2D eigenvalue weighted by molar-refractivity contribution is 8.28. The van der Waals surface area contributed by atoms with Crippen molar-refractivity contribution >= 4 is 62.2 Å². The Hall–Kier alpha value is -2.86. The normalized spacial score (nSPS) is 12.3. The molecular formula is C32H26P2S2. The van der Waals surface area contributed by atoms with Crippen molar-refractivity contribution in [1.82, 2.24) is 0 Å². The second-order valence-corrected chi connectivity index (χ2v) is 17.2. The lowest BCUT2D eigenvalue weighted by Gasteiger charge is -2.30. The number of benzene rings is 5.